The minimum absolute atomic E-state index is 0.0960. The van der Waals surface area contributed by atoms with E-state index in [9.17, 15) is 4.39 Å². The van der Waals surface area contributed by atoms with Crippen LogP contribution in [-0.2, 0) is 6.18 Å². The van der Waals surface area contributed by atoms with Gasteiger partial charge in [-0.05, 0) is 82.4 Å². The highest BCUT2D eigenvalue weighted by molar-refractivity contribution is 6.12. The number of para-hydroxylation sites is 2. The van der Waals surface area contributed by atoms with Gasteiger partial charge in [0.1, 0.15) is 5.56 Å². The summed E-state index contributed by atoms with van der Waals surface area (Å²) in [6.45, 7) is 0. The second kappa shape index (κ2) is 12.8. The topological polar surface area (TPSA) is 9.86 Å². The van der Waals surface area contributed by atoms with E-state index >= 15 is 17.6 Å². The van der Waals surface area contributed by atoms with Crippen molar-refractivity contribution in [2.75, 3.05) is 0 Å². The number of nitrogens with zero attached hydrogens (tertiary/aromatic N) is 2. The molecule has 8 aromatic carbocycles. The molecule has 0 atom stereocenters. The molecule has 0 spiro atoms. The molecule has 7 heteroatoms. The summed E-state index contributed by atoms with van der Waals surface area (Å²) in [5, 5.41) is 3.01. The Bertz CT molecular complexity index is 2960. The van der Waals surface area contributed by atoms with Crippen molar-refractivity contribution in [3.63, 3.8) is 0 Å². The molecule has 0 aliphatic carbocycles. The smallest absolute Gasteiger partial charge is 0.309 e. The van der Waals surface area contributed by atoms with Crippen LogP contribution in [0.25, 0.3) is 88.4 Å². The van der Waals surface area contributed by atoms with Crippen LogP contribution in [-0.4, -0.2) is 9.13 Å². The highest BCUT2D eigenvalue weighted by Crippen LogP contribution is 2.47. The molecular weight excluding hydrogens is 712 g/mol. The zero-order valence-corrected chi connectivity index (χ0v) is 29.5. The lowest BCUT2D eigenvalue weighted by molar-refractivity contribution is -0.137. The third-order valence-electron chi connectivity index (χ3n) is 10.7. The molecule has 10 aromatic rings. The fraction of sp³-hybridized carbons (Fsp3) is 0.0204. The van der Waals surface area contributed by atoms with Crippen molar-refractivity contribution in [1.82, 2.24) is 9.13 Å². The lowest BCUT2D eigenvalue weighted by atomic mass is 9.98. The van der Waals surface area contributed by atoms with Crippen LogP contribution in [0.4, 0.5) is 22.0 Å². The summed E-state index contributed by atoms with van der Waals surface area (Å²) >= 11 is 0. The molecule has 0 radical (unpaired) electrons. The zero-order chi connectivity index (χ0) is 38.1. The summed E-state index contributed by atoms with van der Waals surface area (Å²) in [7, 11) is 0. The quantitative estimate of drug-likeness (QED) is 0.156. The fourth-order valence-electron chi connectivity index (χ4n) is 8.22. The molecule has 10 rings (SSSR count). The largest absolute Gasteiger partial charge is 0.420 e. The van der Waals surface area contributed by atoms with E-state index in [0.29, 0.717) is 22.1 Å². The van der Waals surface area contributed by atoms with E-state index in [1.165, 1.54) is 24.3 Å². The SMILES string of the molecule is Fc1cccc(-c2cc(-n3c4ccccc4c4cc(-c5ccccc5)ccc43)c(C(F)(F)F)c(-n3c4ccccc4c4cc(-c5ccccc5)ccc43)c2)c1F. The van der Waals surface area contributed by atoms with Gasteiger partial charge in [0.25, 0.3) is 0 Å². The van der Waals surface area contributed by atoms with Crippen molar-refractivity contribution < 1.29 is 22.0 Å². The summed E-state index contributed by atoms with van der Waals surface area (Å²) < 4.78 is 82.4. The Morgan fingerprint density at radius 2 is 0.804 bits per heavy atom. The van der Waals surface area contributed by atoms with Gasteiger partial charge in [-0.3, -0.25) is 0 Å². The molecular formula is C49H29F5N2. The van der Waals surface area contributed by atoms with Gasteiger partial charge >= 0.3 is 6.18 Å². The molecule has 270 valence electrons. The van der Waals surface area contributed by atoms with Gasteiger partial charge in [0.15, 0.2) is 11.6 Å². The maximum atomic E-state index is 16.2. The number of aromatic nitrogens is 2. The molecule has 0 fully saturated rings. The maximum absolute atomic E-state index is 16.2. The number of benzene rings is 8. The molecule has 0 saturated carbocycles. The Morgan fingerprint density at radius 3 is 1.29 bits per heavy atom. The first-order valence-electron chi connectivity index (χ1n) is 18.1. The second-order valence-corrected chi connectivity index (χ2v) is 13.9. The Labute approximate surface area is 317 Å². The molecule has 0 saturated heterocycles. The van der Waals surface area contributed by atoms with Gasteiger partial charge < -0.3 is 9.13 Å². The van der Waals surface area contributed by atoms with Crippen molar-refractivity contribution >= 4 is 43.6 Å². The first kappa shape index (κ1) is 33.6. The van der Waals surface area contributed by atoms with Crippen molar-refractivity contribution in [2.24, 2.45) is 0 Å². The monoisotopic (exact) mass is 740 g/mol. The summed E-state index contributed by atoms with van der Waals surface area (Å²) in [5.41, 5.74) is 4.51. The Hall–Kier alpha value is -6.99. The number of alkyl halides is 3. The molecule has 0 amide bonds. The van der Waals surface area contributed by atoms with Crippen molar-refractivity contribution in [2.45, 2.75) is 6.18 Å². The van der Waals surface area contributed by atoms with Gasteiger partial charge in [0, 0.05) is 27.1 Å². The lowest BCUT2D eigenvalue weighted by Crippen LogP contribution is -2.16. The van der Waals surface area contributed by atoms with Gasteiger partial charge in [-0.2, -0.15) is 13.2 Å². The van der Waals surface area contributed by atoms with E-state index in [1.54, 1.807) is 33.4 Å². The number of fused-ring (bicyclic) bond motifs is 6. The predicted molar refractivity (Wildman–Crippen MR) is 216 cm³/mol. The van der Waals surface area contributed by atoms with E-state index in [0.717, 1.165) is 49.9 Å². The van der Waals surface area contributed by atoms with E-state index in [1.807, 2.05) is 121 Å². The van der Waals surface area contributed by atoms with Crippen molar-refractivity contribution in [3.8, 4) is 44.8 Å². The molecule has 2 heterocycles. The normalized spacial score (nSPS) is 12.0. The van der Waals surface area contributed by atoms with E-state index in [2.05, 4.69) is 0 Å². The highest BCUT2D eigenvalue weighted by Gasteiger charge is 2.39. The van der Waals surface area contributed by atoms with Crippen LogP contribution in [0.5, 0.6) is 0 Å². The Kier molecular flexibility index (Phi) is 7.68. The van der Waals surface area contributed by atoms with Gasteiger partial charge in [-0.1, -0.05) is 121 Å². The van der Waals surface area contributed by atoms with Crippen LogP contribution >= 0.6 is 0 Å². The lowest BCUT2D eigenvalue weighted by Gasteiger charge is -2.23. The Balaban J connectivity index is 1.35. The fourth-order valence-corrected chi connectivity index (χ4v) is 8.22. The molecule has 56 heavy (non-hydrogen) atoms. The maximum Gasteiger partial charge on any atom is 0.420 e. The van der Waals surface area contributed by atoms with Gasteiger partial charge in [0.05, 0.1) is 33.4 Å². The molecule has 0 bridgehead atoms. The third-order valence-corrected chi connectivity index (χ3v) is 10.7. The second-order valence-electron chi connectivity index (χ2n) is 13.9. The van der Waals surface area contributed by atoms with E-state index in [4.69, 9.17) is 0 Å². The zero-order valence-electron chi connectivity index (χ0n) is 29.5. The standard InChI is InChI=1S/C49H29F5N2/c50-40-19-11-18-35(48(40)51)34-28-45(55-41-20-9-7-16-36(41)38-26-32(22-24-43(38)55)30-12-3-1-4-13-30)47(49(52,53)54)46(29-34)56-42-21-10-8-17-37(42)39-27-33(23-25-44(39)56)31-14-5-2-6-15-31/h1-29H. The minimum Gasteiger partial charge on any atom is -0.309 e. The third kappa shape index (κ3) is 5.30. The van der Waals surface area contributed by atoms with Crippen molar-refractivity contribution in [1.29, 1.82) is 0 Å². The van der Waals surface area contributed by atoms with Gasteiger partial charge in [-0.15, -0.1) is 0 Å². The summed E-state index contributed by atoms with van der Waals surface area (Å²) in [4.78, 5) is 0. The minimum atomic E-state index is -4.90. The molecule has 0 N–H and O–H groups in total. The molecule has 0 aliphatic heterocycles. The van der Waals surface area contributed by atoms with Crippen molar-refractivity contribution in [3.05, 3.63) is 193 Å². The number of halogens is 5. The Morgan fingerprint density at radius 1 is 0.357 bits per heavy atom. The summed E-state index contributed by atoms with van der Waals surface area (Å²) in [6, 6.07) is 52.1. The summed E-state index contributed by atoms with van der Waals surface area (Å²) in [6.07, 6.45) is -4.90. The highest BCUT2D eigenvalue weighted by atomic mass is 19.4. The van der Waals surface area contributed by atoms with Crippen LogP contribution in [0, 0.1) is 11.6 Å². The number of hydrogen-bond acceptors (Lipinski definition) is 0. The van der Waals surface area contributed by atoms with Crippen LogP contribution in [0.2, 0.25) is 0 Å². The van der Waals surface area contributed by atoms with Crippen LogP contribution in [0.15, 0.2) is 176 Å². The van der Waals surface area contributed by atoms with Crippen LogP contribution < -0.4 is 0 Å². The molecule has 0 aliphatic rings. The first-order valence-corrected chi connectivity index (χ1v) is 18.1. The molecule has 2 nitrogen and oxygen atoms in total. The average molecular weight is 741 g/mol. The van der Waals surface area contributed by atoms with E-state index in [-0.39, 0.29) is 22.5 Å². The van der Waals surface area contributed by atoms with Gasteiger partial charge in [0.2, 0.25) is 0 Å². The van der Waals surface area contributed by atoms with Gasteiger partial charge in [-0.25, -0.2) is 8.78 Å². The average Bonchev–Trinajstić information content (AvgIpc) is 3.74. The molecule has 0 unspecified atom stereocenters. The number of hydrogen-bond donors (Lipinski definition) is 0. The predicted octanol–water partition coefficient (Wildman–Crippen LogP) is 14.2. The molecule has 2 aromatic heterocycles. The van der Waals surface area contributed by atoms with Crippen LogP contribution in [0.3, 0.4) is 0 Å². The van der Waals surface area contributed by atoms with Crippen LogP contribution in [0.1, 0.15) is 5.56 Å². The number of rotatable bonds is 5. The first-order chi connectivity index (χ1) is 27.3. The summed E-state index contributed by atoms with van der Waals surface area (Å²) in [5.74, 6) is -2.24. The van der Waals surface area contributed by atoms with E-state index < -0.39 is 23.4 Å².